The monoisotopic (exact) mass is 705 g/mol. The Labute approximate surface area is 311 Å². The summed E-state index contributed by atoms with van der Waals surface area (Å²) in [5, 5.41) is 0. The zero-order valence-corrected chi connectivity index (χ0v) is 33.7. The highest BCUT2D eigenvalue weighted by Crippen LogP contribution is 2.13. The van der Waals surface area contributed by atoms with E-state index in [2.05, 4.69) is 45.1 Å². The number of carbonyl (C=O) groups excluding carboxylic acids is 2. The van der Waals surface area contributed by atoms with Crippen LogP contribution in [-0.2, 0) is 23.8 Å². The van der Waals surface area contributed by atoms with Crippen LogP contribution in [0.3, 0.4) is 0 Å². The number of hydrogen-bond donors (Lipinski definition) is 0. The van der Waals surface area contributed by atoms with Crippen molar-refractivity contribution in [3.63, 3.8) is 0 Å². The first-order valence-electron chi connectivity index (χ1n) is 21.9. The maximum Gasteiger partial charge on any atom is 0.306 e. The van der Waals surface area contributed by atoms with Gasteiger partial charge in [-0.2, -0.15) is 0 Å². The number of esters is 2. The fraction of sp³-hybridized carbons (Fsp3) is 0.867. The molecule has 0 heterocycles. The third-order valence-electron chi connectivity index (χ3n) is 9.46. The van der Waals surface area contributed by atoms with Gasteiger partial charge in [0.25, 0.3) is 0 Å². The summed E-state index contributed by atoms with van der Waals surface area (Å²) in [6, 6.07) is 0. The average molecular weight is 705 g/mol. The minimum absolute atomic E-state index is 0.0822. The van der Waals surface area contributed by atoms with Gasteiger partial charge in [-0.3, -0.25) is 9.59 Å². The zero-order chi connectivity index (χ0) is 36.4. The van der Waals surface area contributed by atoms with Crippen molar-refractivity contribution in [2.75, 3.05) is 19.8 Å². The summed E-state index contributed by atoms with van der Waals surface area (Å²) in [5.41, 5.74) is 0. The van der Waals surface area contributed by atoms with Gasteiger partial charge < -0.3 is 14.2 Å². The Morgan fingerprint density at radius 3 is 1.24 bits per heavy atom. The molecule has 5 heteroatoms. The fourth-order valence-electron chi connectivity index (χ4n) is 6.14. The van der Waals surface area contributed by atoms with Crippen LogP contribution < -0.4 is 0 Å². The summed E-state index contributed by atoms with van der Waals surface area (Å²) in [5.74, 6) is -0.412. The molecule has 0 aliphatic rings. The Morgan fingerprint density at radius 2 is 0.780 bits per heavy atom. The van der Waals surface area contributed by atoms with Crippen molar-refractivity contribution in [1.29, 1.82) is 0 Å². The standard InChI is InChI=1S/C45H84O5/c1-4-7-10-13-16-19-21-23-25-27-29-32-35-38-44(46)49-42-43(41-48-40-37-34-31-18-15-12-9-6-3)50-45(47)39-36-33-30-28-26-24-22-20-17-14-11-8-5-2/h19-22,43H,4-18,23-42H2,1-3H3/b21-19-,22-20-. The Kier molecular flexibility index (Phi) is 40.4. The van der Waals surface area contributed by atoms with Gasteiger partial charge >= 0.3 is 11.9 Å². The number of carbonyl (C=O) groups is 2. The largest absolute Gasteiger partial charge is 0.462 e. The van der Waals surface area contributed by atoms with Crippen molar-refractivity contribution in [3.8, 4) is 0 Å². The molecule has 0 fully saturated rings. The van der Waals surface area contributed by atoms with Gasteiger partial charge in [-0.05, 0) is 70.6 Å². The molecule has 0 aliphatic heterocycles. The molecule has 0 aromatic heterocycles. The predicted molar refractivity (Wildman–Crippen MR) is 215 cm³/mol. The first-order valence-corrected chi connectivity index (χ1v) is 21.9. The molecular weight excluding hydrogens is 620 g/mol. The molecule has 0 bridgehead atoms. The molecule has 0 aliphatic carbocycles. The summed E-state index contributed by atoms with van der Waals surface area (Å²) in [4.78, 5) is 25.1. The summed E-state index contributed by atoms with van der Waals surface area (Å²) >= 11 is 0. The quantitative estimate of drug-likeness (QED) is 0.0361. The minimum Gasteiger partial charge on any atom is -0.462 e. The van der Waals surface area contributed by atoms with Crippen LogP contribution in [0, 0.1) is 0 Å². The van der Waals surface area contributed by atoms with Gasteiger partial charge in [0.1, 0.15) is 6.61 Å². The topological polar surface area (TPSA) is 61.8 Å². The predicted octanol–water partition coefficient (Wildman–Crippen LogP) is 14.1. The molecule has 0 spiro atoms. The van der Waals surface area contributed by atoms with Crippen molar-refractivity contribution in [2.24, 2.45) is 0 Å². The van der Waals surface area contributed by atoms with Gasteiger partial charge in [-0.1, -0.05) is 167 Å². The second kappa shape index (κ2) is 41.8. The van der Waals surface area contributed by atoms with E-state index in [4.69, 9.17) is 14.2 Å². The Morgan fingerprint density at radius 1 is 0.420 bits per heavy atom. The van der Waals surface area contributed by atoms with E-state index < -0.39 is 6.10 Å². The molecule has 0 amide bonds. The average Bonchev–Trinajstić information content (AvgIpc) is 3.11. The Bertz CT molecular complexity index is 761. The molecule has 294 valence electrons. The maximum absolute atomic E-state index is 12.7. The fourth-order valence-corrected chi connectivity index (χ4v) is 6.14. The highest BCUT2D eigenvalue weighted by molar-refractivity contribution is 5.70. The first kappa shape index (κ1) is 48.4. The highest BCUT2D eigenvalue weighted by Gasteiger charge is 2.17. The molecule has 0 saturated carbocycles. The zero-order valence-electron chi connectivity index (χ0n) is 33.7. The van der Waals surface area contributed by atoms with Gasteiger partial charge in [0.2, 0.25) is 0 Å². The number of unbranched alkanes of at least 4 members (excludes halogenated alkanes) is 25. The molecule has 0 radical (unpaired) electrons. The van der Waals surface area contributed by atoms with E-state index in [-0.39, 0.29) is 25.2 Å². The highest BCUT2D eigenvalue weighted by atomic mass is 16.6. The van der Waals surface area contributed by atoms with Crippen LogP contribution >= 0.6 is 0 Å². The molecule has 0 rings (SSSR count). The molecule has 1 unspecified atom stereocenters. The molecular formula is C45H84O5. The van der Waals surface area contributed by atoms with E-state index in [1.54, 1.807) is 0 Å². The van der Waals surface area contributed by atoms with Gasteiger partial charge in [-0.15, -0.1) is 0 Å². The molecule has 50 heavy (non-hydrogen) atoms. The molecule has 0 N–H and O–H groups in total. The summed E-state index contributed by atoms with van der Waals surface area (Å²) in [7, 11) is 0. The lowest BCUT2D eigenvalue weighted by atomic mass is 10.1. The summed E-state index contributed by atoms with van der Waals surface area (Å²) in [6.45, 7) is 7.78. The van der Waals surface area contributed by atoms with E-state index in [1.807, 2.05) is 0 Å². The van der Waals surface area contributed by atoms with Gasteiger partial charge in [0, 0.05) is 19.4 Å². The Balaban J connectivity index is 4.21. The third kappa shape index (κ3) is 39.2. The lowest BCUT2D eigenvalue weighted by molar-refractivity contribution is -0.163. The molecule has 1 atom stereocenters. The van der Waals surface area contributed by atoms with Gasteiger partial charge in [-0.25, -0.2) is 0 Å². The number of allylic oxidation sites excluding steroid dienone is 4. The molecule has 0 saturated heterocycles. The van der Waals surface area contributed by atoms with Crippen molar-refractivity contribution >= 4 is 11.9 Å². The van der Waals surface area contributed by atoms with Gasteiger partial charge in [0.05, 0.1) is 6.61 Å². The van der Waals surface area contributed by atoms with Crippen molar-refractivity contribution < 1.29 is 23.8 Å². The van der Waals surface area contributed by atoms with Crippen LogP contribution in [0.5, 0.6) is 0 Å². The van der Waals surface area contributed by atoms with Crippen LogP contribution in [0.25, 0.3) is 0 Å². The van der Waals surface area contributed by atoms with Crippen LogP contribution in [0.15, 0.2) is 24.3 Å². The van der Waals surface area contributed by atoms with E-state index in [9.17, 15) is 9.59 Å². The van der Waals surface area contributed by atoms with Gasteiger partial charge in [0.15, 0.2) is 6.10 Å². The molecule has 5 nitrogen and oxygen atoms in total. The Hall–Kier alpha value is -1.62. The second-order valence-electron chi connectivity index (χ2n) is 14.6. The summed E-state index contributed by atoms with van der Waals surface area (Å²) < 4.78 is 17.2. The van der Waals surface area contributed by atoms with E-state index in [0.717, 1.165) is 64.2 Å². The minimum atomic E-state index is -0.533. The van der Waals surface area contributed by atoms with Crippen LogP contribution in [-0.4, -0.2) is 37.9 Å². The number of rotatable bonds is 40. The molecule has 0 aromatic carbocycles. The van der Waals surface area contributed by atoms with E-state index in [0.29, 0.717) is 19.4 Å². The van der Waals surface area contributed by atoms with Crippen LogP contribution in [0.2, 0.25) is 0 Å². The van der Waals surface area contributed by atoms with Crippen molar-refractivity contribution in [1.82, 2.24) is 0 Å². The normalized spacial score (nSPS) is 12.3. The van der Waals surface area contributed by atoms with Crippen molar-refractivity contribution in [3.05, 3.63) is 24.3 Å². The van der Waals surface area contributed by atoms with E-state index in [1.165, 1.54) is 128 Å². The lowest BCUT2D eigenvalue weighted by Crippen LogP contribution is -2.30. The van der Waals surface area contributed by atoms with Crippen molar-refractivity contribution in [2.45, 2.75) is 232 Å². The lowest BCUT2D eigenvalue weighted by Gasteiger charge is -2.18. The second-order valence-corrected chi connectivity index (χ2v) is 14.6. The van der Waals surface area contributed by atoms with Crippen LogP contribution in [0.4, 0.5) is 0 Å². The van der Waals surface area contributed by atoms with Crippen LogP contribution in [0.1, 0.15) is 226 Å². The number of hydrogen-bond acceptors (Lipinski definition) is 5. The third-order valence-corrected chi connectivity index (χ3v) is 9.46. The SMILES string of the molecule is CCCCCC/C=C\CCCCCCCC(=O)OCC(COCCCCCCCCCC)OC(=O)CCCCCCC/C=C\CCCCCC. The first-order chi connectivity index (χ1) is 24.6. The smallest absolute Gasteiger partial charge is 0.306 e. The molecule has 0 aromatic rings. The summed E-state index contributed by atoms with van der Waals surface area (Å²) in [6.07, 6.45) is 45.9. The number of ether oxygens (including phenoxy) is 3. The maximum atomic E-state index is 12.7. The van der Waals surface area contributed by atoms with E-state index >= 15 is 0 Å².